The van der Waals surface area contributed by atoms with Crippen molar-refractivity contribution in [1.29, 1.82) is 0 Å². The predicted molar refractivity (Wildman–Crippen MR) is 128 cm³/mol. The van der Waals surface area contributed by atoms with E-state index in [1.807, 2.05) is 47.8 Å². The van der Waals surface area contributed by atoms with E-state index < -0.39 is 0 Å². The smallest absolute Gasteiger partial charge is 0.239 e. The monoisotopic (exact) mass is 500 g/mol. The van der Waals surface area contributed by atoms with Gasteiger partial charge in [0.25, 0.3) is 0 Å². The molecule has 0 saturated heterocycles. The Labute approximate surface area is 209 Å². The van der Waals surface area contributed by atoms with Gasteiger partial charge in [-0.15, -0.1) is 0 Å². The molecule has 28 heavy (non-hydrogen) atoms. The zero-order valence-electron chi connectivity index (χ0n) is 19.1. The topological polar surface area (TPSA) is 41.5 Å². The Morgan fingerprint density at radius 1 is 1.18 bits per heavy atom. The van der Waals surface area contributed by atoms with Crippen LogP contribution in [0.15, 0.2) is 16.5 Å². The normalized spacial score (nSPS) is 10.8. The van der Waals surface area contributed by atoms with Crippen molar-refractivity contribution >= 4 is 42.4 Å². The first kappa shape index (κ1) is 32.8. The van der Waals surface area contributed by atoms with E-state index >= 15 is 0 Å². The first-order valence-electron chi connectivity index (χ1n) is 10.1. The summed E-state index contributed by atoms with van der Waals surface area (Å²) < 4.78 is 4.21. The number of carbonyl (C=O) groups excluding carboxylic acids is 1. The maximum absolute atomic E-state index is 12.3. The average Bonchev–Trinajstić information content (AvgIpc) is 2.64. The third-order valence-corrected chi connectivity index (χ3v) is 4.89. The van der Waals surface area contributed by atoms with E-state index in [1.54, 1.807) is 0 Å². The molecule has 3 nitrogen and oxygen atoms in total. The second-order valence-corrected chi connectivity index (χ2v) is 7.42. The number of nitrogens with zero attached hydrogens (tertiary/aromatic N) is 1. The number of benzene rings is 1. The summed E-state index contributed by atoms with van der Waals surface area (Å²) in [6.45, 7) is 16.3. The Bertz CT molecular complexity index is 526. The molecule has 1 radical (unpaired) electrons. The largest absolute Gasteiger partial charge is 0.793 e. The van der Waals surface area contributed by atoms with Crippen LogP contribution in [0.2, 0.25) is 0 Å². The fraction of sp³-hybridized carbons (Fsp3) is 0.636. The molecule has 1 aromatic rings. The van der Waals surface area contributed by atoms with Gasteiger partial charge < -0.3 is 17.9 Å². The SMILES string of the molecule is CC.CC/C=N/SC(CC)C(=O)Nc1c(C)cc(C)cc1C.CCCC[S-].[Y]. The molecule has 1 amide bonds. The first-order chi connectivity index (χ1) is 12.9. The molecule has 0 bridgehead atoms. The van der Waals surface area contributed by atoms with Gasteiger partial charge in [0.05, 0.1) is 0 Å². The van der Waals surface area contributed by atoms with Gasteiger partial charge in [0.1, 0.15) is 5.25 Å². The van der Waals surface area contributed by atoms with Gasteiger partial charge in [0, 0.05) is 44.6 Å². The Hall–Kier alpha value is 0.164. The molecule has 159 valence electrons. The van der Waals surface area contributed by atoms with E-state index in [2.05, 4.69) is 48.3 Å². The van der Waals surface area contributed by atoms with Gasteiger partial charge in [-0.25, -0.2) is 4.40 Å². The van der Waals surface area contributed by atoms with Crippen LogP contribution in [0.3, 0.4) is 0 Å². The van der Waals surface area contributed by atoms with Crippen LogP contribution in [-0.4, -0.2) is 23.1 Å². The summed E-state index contributed by atoms with van der Waals surface area (Å²) in [4.78, 5) is 12.3. The van der Waals surface area contributed by atoms with Crippen molar-refractivity contribution < 1.29 is 37.5 Å². The number of carbonyl (C=O) groups is 1. The van der Waals surface area contributed by atoms with Crippen LogP contribution in [0, 0.1) is 20.8 Å². The van der Waals surface area contributed by atoms with Gasteiger partial charge in [0.2, 0.25) is 5.91 Å². The van der Waals surface area contributed by atoms with Gasteiger partial charge in [0.15, 0.2) is 0 Å². The number of hydrogen-bond donors (Lipinski definition) is 1. The van der Waals surface area contributed by atoms with E-state index in [4.69, 9.17) is 0 Å². The number of rotatable bonds is 8. The van der Waals surface area contributed by atoms with Crippen LogP contribution >= 0.6 is 11.9 Å². The van der Waals surface area contributed by atoms with Crippen molar-refractivity contribution in [2.45, 2.75) is 86.3 Å². The van der Waals surface area contributed by atoms with Crippen LogP contribution in [0.5, 0.6) is 0 Å². The van der Waals surface area contributed by atoms with E-state index in [0.29, 0.717) is 0 Å². The molecular weight excluding hydrogens is 461 g/mol. The van der Waals surface area contributed by atoms with Crippen molar-refractivity contribution in [3.05, 3.63) is 28.8 Å². The number of aryl methyl sites for hydroxylation is 3. The second kappa shape index (κ2) is 21.9. The minimum atomic E-state index is -0.141. The third-order valence-electron chi connectivity index (χ3n) is 3.53. The molecule has 0 fully saturated rings. The standard InChI is InChI=1S/C16H24N2OS.C4H10S.C2H6.Y/c1-6-8-17-20-14(7-2)16(19)18-15-12(4)9-11(3)10-13(15)5;1-2-3-4-5;1-2;/h8-10,14H,6-7H2,1-5H3,(H,18,19);5H,2-4H2,1H3;1-2H3;/p-1/b17-8+;;;. The van der Waals surface area contributed by atoms with E-state index in [-0.39, 0.29) is 43.9 Å². The average molecular weight is 501 g/mol. The summed E-state index contributed by atoms with van der Waals surface area (Å²) in [5.74, 6) is 0.956. The van der Waals surface area contributed by atoms with E-state index in [0.717, 1.165) is 35.4 Å². The Balaban J connectivity index is -0.000000678. The Kier molecular flexibility index (Phi) is 25.6. The summed E-state index contributed by atoms with van der Waals surface area (Å²) >= 11 is 6.00. The summed E-state index contributed by atoms with van der Waals surface area (Å²) in [5, 5.41) is 2.91. The molecule has 0 saturated carbocycles. The van der Waals surface area contributed by atoms with Crippen molar-refractivity contribution in [2.24, 2.45) is 4.40 Å². The van der Waals surface area contributed by atoms with Crippen molar-refractivity contribution in [1.82, 2.24) is 0 Å². The van der Waals surface area contributed by atoms with Crippen LogP contribution < -0.4 is 5.32 Å². The molecule has 0 spiro atoms. The molecule has 0 aliphatic carbocycles. The van der Waals surface area contributed by atoms with Crippen LogP contribution in [0.4, 0.5) is 5.69 Å². The molecule has 1 N–H and O–H groups in total. The molecule has 1 atom stereocenters. The molecule has 1 rings (SSSR count). The Morgan fingerprint density at radius 2 is 1.71 bits per heavy atom. The second-order valence-electron chi connectivity index (χ2n) is 6.02. The number of nitrogens with one attached hydrogen (secondary N) is 1. The minimum absolute atomic E-state index is 0. The molecule has 0 aliphatic rings. The van der Waals surface area contributed by atoms with Gasteiger partial charge in [-0.2, -0.15) is 5.75 Å². The summed E-state index contributed by atoms with van der Waals surface area (Å²) in [6.07, 6.45) is 5.94. The van der Waals surface area contributed by atoms with E-state index in [1.165, 1.54) is 30.4 Å². The summed E-state index contributed by atoms with van der Waals surface area (Å²) in [7, 11) is 0. The molecular formula is C22H39N2OS2Y-. The van der Waals surface area contributed by atoms with Gasteiger partial charge in [-0.05, 0) is 56.7 Å². The number of unbranched alkanes of at least 4 members (excludes halogenated alkanes) is 1. The van der Waals surface area contributed by atoms with Crippen LogP contribution in [0.1, 0.15) is 77.0 Å². The molecule has 1 unspecified atom stereocenters. The van der Waals surface area contributed by atoms with Crippen molar-refractivity contribution in [3.8, 4) is 0 Å². The van der Waals surface area contributed by atoms with Crippen LogP contribution in [-0.2, 0) is 50.1 Å². The third kappa shape index (κ3) is 15.1. The summed E-state index contributed by atoms with van der Waals surface area (Å²) in [6, 6.07) is 4.18. The Morgan fingerprint density at radius 3 is 2.07 bits per heavy atom. The fourth-order valence-corrected chi connectivity index (χ4v) is 3.20. The zero-order chi connectivity index (χ0) is 21.2. The zero-order valence-corrected chi connectivity index (χ0v) is 23.6. The minimum Gasteiger partial charge on any atom is -0.793 e. The van der Waals surface area contributed by atoms with Crippen LogP contribution in [0.25, 0.3) is 0 Å². The predicted octanol–water partition coefficient (Wildman–Crippen LogP) is 6.82. The fourth-order valence-electron chi connectivity index (χ4n) is 2.22. The maximum atomic E-state index is 12.3. The number of anilines is 1. The van der Waals surface area contributed by atoms with Gasteiger partial charge in [-0.1, -0.05) is 65.2 Å². The molecule has 0 heterocycles. The quantitative estimate of drug-likeness (QED) is 0.242. The molecule has 1 aromatic carbocycles. The summed E-state index contributed by atoms with van der Waals surface area (Å²) in [5.41, 5.74) is 4.35. The van der Waals surface area contributed by atoms with Crippen molar-refractivity contribution in [3.63, 3.8) is 0 Å². The molecule has 0 aromatic heterocycles. The molecule has 6 heteroatoms. The van der Waals surface area contributed by atoms with Gasteiger partial charge >= 0.3 is 0 Å². The van der Waals surface area contributed by atoms with E-state index in [9.17, 15) is 4.79 Å². The maximum Gasteiger partial charge on any atom is 0.239 e. The van der Waals surface area contributed by atoms with Crippen molar-refractivity contribution in [2.75, 3.05) is 11.1 Å². The van der Waals surface area contributed by atoms with Gasteiger partial charge in [-0.3, -0.25) is 4.79 Å². The molecule has 0 aliphatic heterocycles. The first-order valence-corrected chi connectivity index (χ1v) is 11.5. The number of hydrogen-bond acceptors (Lipinski definition) is 4. The number of amides is 1.